The van der Waals surface area contributed by atoms with Crippen LogP contribution in [0.4, 0.5) is 10.1 Å². The lowest BCUT2D eigenvalue weighted by atomic mass is 10.1. The highest BCUT2D eigenvalue weighted by molar-refractivity contribution is 7.92. The highest BCUT2D eigenvalue weighted by Crippen LogP contribution is 2.33. The average Bonchev–Trinajstić information content (AvgIpc) is 3.37. The van der Waals surface area contributed by atoms with Gasteiger partial charge in [-0.05, 0) is 49.1 Å². The van der Waals surface area contributed by atoms with Crippen molar-refractivity contribution >= 4 is 21.6 Å². The number of halogens is 1. The number of anilines is 1. The highest BCUT2D eigenvalue weighted by atomic mass is 32.2. The van der Waals surface area contributed by atoms with Crippen molar-refractivity contribution in [1.82, 2.24) is 4.90 Å². The zero-order valence-corrected chi connectivity index (χ0v) is 15.9. The molecule has 0 N–H and O–H groups in total. The fourth-order valence-electron chi connectivity index (χ4n) is 3.58. The number of benzene rings is 2. The number of sulfonamides is 1. The van der Waals surface area contributed by atoms with E-state index in [1.54, 1.807) is 41.3 Å². The normalized spacial score (nSPS) is 16.3. The molecule has 142 valence electrons. The summed E-state index contributed by atoms with van der Waals surface area (Å²) in [4.78, 5) is 14.8. The maximum Gasteiger partial charge on any atom is 0.254 e. The van der Waals surface area contributed by atoms with Gasteiger partial charge in [0.15, 0.2) is 0 Å². The van der Waals surface area contributed by atoms with E-state index in [0.717, 1.165) is 18.4 Å². The fraction of sp³-hybridized carbons (Fsp3) is 0.350. The molecule has 0 unspecified atom stereocenters. The van der Waals surface area contributed by atoms with E-state index in [1.165, 1.54) is 16.6 Å². The van der Waals surface area contributed by atoms with Gasteiger partial charge in [-0.2, -0.15) is 0 Å². The minimum absolute atomic E-state index is 0.137. The molecule has 0 saturated heterocycles. The number of amides is 1. The summed E-state index contributed by atoms with van der Waals surface area (Å²) in [5.74, 6) is -0.449. The molecule has 0 atom stereocenters. The lowest BCUT2D eigenvalue weighted by molar-refractivity contribution is 0.0728. The Morgan fingerprint density at radius 1 is 1.22 bits per heavy atom. The number of nitrogens with zero attached hydrogens (tertiary/aromatic N) is 2. The minimum atomic E-state index is -3.32. The Morgan fingerprint density at radius 3 is 2.63 bits per heavy atom. The van der Waals surface area contributed by atoms with Gasteiger partial charge < -0.3 is 4.90 Å². The quantitative estimate of drug-likeness (QED) is 0.791. The standard InChI is InChI=1S/C20H21FN2O3S/c1-27(25,26)23-11-10-14-12-15(6-9-19(14)23)20(24)22(17-7-8-17)13-16-4-2-3-5-18(16)21/h2-6,9,12,17H,7-8,10-11,13H2,1H3. The Morgan fingerprint density at radius 2 is 1.96 bits per heavy atom. The summed E-state index contributed by atoms with van der Waals surface area (Å²) in [7, 11) is -3.32. The highest BCUT2D eigenvalue weighted by Gasteiger charge is 2.34. The summed E-state index contributed by atoms with van der Waals surface area (Å²) >= 11 is 0. The minimum Gasteiger partial charge on any atom is -0.331 e. The van der Waals surface area contributed by atoms with Crippen LogP contribution in [-0.2, 0) is 23.0 Å². The molecule has 27 heavy (non-hydrogen) atoms. The van der Waals surface area contributed by atoms with Gasteiger partial charge in [0.2, 0.25) is 10.0 Å². The molecule has 1 heterocycles. The van der Waals surface area contributed by atoms with Crippen LogP contribution in [0.5, 0.6) is 0 Å². The van der Waals surface area contributed by atoms with Gasteiger partial charge in [-0.1, -0.05) is 18.2 Å². The van der Waals surface area contributed by atoms with Gasteiger partial charge in [-0.25, -0.2) is 12.8 Å². The molecule has 1 amide bonds. The Hall–Kier alpha value is -2.41. The Kier molecular flexibility index (Phi) is 4.42. The molecule has 1 saturated carbocycles. The van der Waals surface area contributed by atoms with Crippen LogP contribution < -0.4 is 4.31 Å². The van der Waals surface area contributed by atoms with Crippen molar-refractivity contribution in [2.24, 2.45) is 0 Å². The van der Waals surface area contributed by atoms with Gasteiger partial charge in [-0.3, -0.25) is 9.10 Å². The first-order chi connectivity index (χ1) is 12.8. The van der Waals surface area contributed by atoms with Crippen LogP contribution in [0.25, 0.3) is 0 Å². The Labute approximate surface area is 158 Å². The summed E-state index contributed by atoms with van der Waals surface area (Å²) in [6, 6.07) is 11.8. The number of fused-ring (bicyclic) bond motifs is 1. The van der Waals surface area contributed by atoms with Crippen LogP contribution in [0.2, 0.25) is 0 Å². The molecule has 0 aromatic heterocycles. The molecule has 5 nitrogen and oxygen atoms in total. The van der Waals surface area contributed by atoms with Crippen molar-refractivity contribution in [1.29, 1.82) is 0 Å². The smallest absolute Gasteiger partial charge is 0.254 e. The van der Waals surface area contributed by atoms with Crippen LogP contribution in [0.3, 0.4) is 0 Å². The first kappa shape index (κ1) is 18.0. The molecule has 1 fully saturated rings. The fourth-order valence-corrected chi connectivity index (χ4v) is 4.54. The molecule has 1 aliphatic heterocycles. The first-order valence-electron chi connectivity index (χ1n) is 8.99. The molecule has 0 bridgehead atoms. The maximum atomic E-state index is 14.0. The summed E-state index contributed by atoms with van der Waals surface area (Å²) in [6.07, 6.45) is 3.62. The van der Waals surface area contributed by atoms with E-state index in [-0.39, 0.29) is 24.3 Å². The predicted octanol–water partition coefficient (Wildman–Crippen LogP) is 2.95. The number of carbonyl (C=O) groups excluding carboxylic acids is 1. The van der Waals surface area contributed by atoms with Crippen LogP contribution >= 0.6 is 0 Å². The van der Waals surface area contributed by atoms with Crippen molar-refractivity contribution in [2.45, 2.75) is 31.8 Å². The number of hydrogen-bond acceptors (Lipinski definition) is 3. The molecule has 2 aliphatic rings. The Balaban J connectivity index is 1.61. The van der Waals surface area contributed by atoms with E-state index in [1.807, 2.05) is 0 Å². The third-order valence-electron chi connectivity index (χ3n) is 5.13. The summed E-state index contributed by atoms with van der Waals surface area (Å²) < 4.78 is 39.1. The lowest BCUT2D eigenvalue weighted by Gasteiger charge is -2.23. The van der Waals surface area contributed by atoms with Gasteiger partial charge in [0, 0.05) is 30.3 Å². The van der Waals surface area contributed by atoms with E-state index in [0.29, 0.717) is 29.8 Å². The van der Waals surface area contributed by atoms with Gasteiger partial charge in [-0.15, -0.1) is 0 Å². The van der Waals surface area contributed by atoms with Crippen molar-refractivity contribution in [3.8, 4) is 0 Å². The summed E-state index contributed by atoms with van der Waals surface area (Å²) in [5.41, 5.74) is 2.52. The van der Waals surface area contributed by atoms with E-state index in [4.69, 9.17) is 0 Å². The number of rotatable bonds is 5. The molecule has 1 aliphatic carbocycles. The third kappa shape index (κ3) is 3.56. The van der Waals surface area contributed by atoms with Crippen molar-refractivity contribution in [3.63, 3.8) is 0 Å². The SMILES string of the molecule is CS(=O)(=O)N1CCc2cc(C(=O)N(Cc3ccccc3F)C3CC3)ccc21. The molecular formula is C20H21FN2O3S. The molecule has 7 heteroatoms. The second-order valence-electron chi connectivity index (χ2n) is 7.18. The first-order valence-corrected chi connectivity index (χ1v) is 10.8. The average molecular weight is 388 g/mol. The van der Waals surface area contributed by atoms with Crippen molar-refractivity contribution < 1.29 is 17.6 Å². The predicted molar refractivity (Wildman–Crippen MR) is 102 cm³/mol. The summed E-state index contributed by atoms with van der Waals surface area (Å²) in [6.45, 7) is 0.635. The van der Waals surface area contributed by atoms with E-state index in [2.05, 4.69) is 0 Å². The van der Waals surface area contributed by atoms with Gasteiger partial charge >= 0.3 is 0 Å². The number of carbonyl (C=O) groups is 1. The molecule has 4 rings (SSSR count). The molecule has 0 spiro atoms. The van der Waals surface area contributed by atoms with Crippen LogP contribution in [0, 0.1) is 5.82 Å². The summed E-state index contributed by atoms with van der Waals surface area (Å²) in [5, 5.41) is 0. The van der Waals surface area contributed by atoms with Gasteiger partial charge in [0.05, 0.1) is 11.9 Å². The monoisotopic (exact) mass is 388 g/mol. The van der Waals surface area contributed by atoms with E-state index < -0.39 is 10.0 Å². The van der Waals surface area contributed by atoms with E-state index in [9.17, 15) is 17.6 Å². The molecular weight excluding hydrogens is 367 g/mol. The zero-order valence-electron chi connectivity index (χ0n) is 15.1. The third-order valence-corrected chi connectivity index (χ3v) is 6.31. The van der Waals surface area contributed by atoms with Crippen molar-refractivity contribution in [2.75, 3.05) is 17.1 Å². The van der Waals surface area contributed by atoms with E-state index >= 15 is 0 Å². The molecule has 2 aromatic carbocycles. The van der Waals surface area contributed by atoms with Crippen LogP contribution in [0.15, 0.2) is 42.5 Å². The maximum absolute atomic E-state index is 14.0. The van der Waals surface area contributed by atoms with Gasteiger partial charge in [0.25, 0.3) is 5.91 Å². The topological polar surface area (TPSA) is 57.7 Å². The zero-order chi connectivity index (χ0) is 19.2. The van der Waals surface area contributed by atoms with Crippen LogP contribution in [0.1, 0.15) is 34.3 Å². The van der Waals surface area contributed by atoms with Crippen LogP contribution in [-0.4, -0.2) is 38.1 Å². The molecule has 0 radical (unpaired) electrons. The molecule has 2 aromatic rings. The largest absolute Gasteiger partial charge is 0.331 e. The Bertz CT molecular complexity index is 1000. The number of hydrogen-bond donors (Lipinski definition) is 0. The lowest BCUT2D eigenvalue weighted by Crippen LogP contribution is -2.33. The second kappa shape index (κ2) is 6.64. The second-order valence-corrected chi connectivity index (χ2v) is 9.09. The van der Waals surface area contributed by atoms with Gasteiger partial charge in [0.1, 0.15) is 5.82 Å². The van der Waals surface area contributed by atoms with Crippen molar-refractivity contribution in [3.05, 3.63) is 65.0 Å².